The number of pyridine rings is 1. The highest BCUT2D eigenvalue weighted by molar-refractivity contribution is 7.18. The minimum Gasteiger partial charge on any atom is -0.383 e. The quantitative estimate of drug-likeness (QED) is 0.611. The zero-order chi connectivity index (χ0) is 17.2. The molecular weight excluding hydrogens is 330 g/mol. The molecule has 0 aliphatic heterocycles. The van der Waals surface area contributed by atoms with Crippen LogP contribution in [0.4, 0.5) is 5.82 Å². The van der Waals surface area contributed by atoms with Crippen molar-refractivity contribution in [3.8, 4) is 17.5 Å². The second-order valence-corrected chi connectivity index (χ2v) is 6.67. The smallest absolute Gasteiger partial charge is 0.163 e. The fourth-order valence-corrected chi connectivity index (χ4v) is 3.67. The largest absolute Gasteiger partial charge is 0.383 e. The molecule has 1 aromatic carbocycles. The topological polar surface area (TPSA) is 88.5 Å². The molecule has 0 atom stereocenters. The Morgan fingerprint density at radius 1 is 1.08 bits per heavy atom. The lowest BCUT2D eigenvalue weighted by Crippen LogP contribution is -1.96. The summed E-state index contributed by atoms with van der Waals surface area (Å²) in [5, 5.41) is 9.92. The average molecular weight is 343 g/mol. The Labute approximate surface area is 148 Å². The van der Waals surface area contributed by atoms with Gasteiger partial charge in [-0.05, 0) is 30.3 Å². The number of thiophene rings is 1. The van der Waals surface area contributed by atoms with E-state index in [1.807, 2.05) is 36.4 Å². The summed E-state index contributed by atoms with van der Waals surface area (Å²) in [5.74, 6) is 0.985. The van der Waals surface area contributed by atoms with Crippen LogP contribution in [-0.4, -0.2) is 15.0 Å². The number of hydrogen-bond donors (Lipinski definition) is 1. The normalized spacial score (nSPS) is 10.7. The number of aromatic nitrogens is 3. The molecule has 3 heterocycles. The molecule has 0 unspecified atom stereocenters. The zero-order valence-electron chi connectivity index (χ0n) is 13.2. The van der Waals surface area contributed by atoms with Gasteiger partial charge in [-0.1, -0.05) is 18.2 Å². The second-order valence-electron chi connectivity index (χ2n) is 5.55. The monoisotopic (exact) mass is 343 g/mol. The van der Waals surface area contributed by atoms with Crippen LogP contribution in [0.15, 0.2) is 54.7 Å². The number of rotatable bonds is 3. The molecule has 0 amide bonds. The summed E-state index contributed by atoms with van der Waals surface area (Å²) >= 11 is 1.59. The molecule has 4 rings (SSSR count). The van der Waals surface area contributed by atoms with Gasteiger partial charge in [-0.2, -0.15) is 5.26 Å². The third kappa shape index (κ3) is 3.05. The molecule has 0 saturated heterocycles. The van der Waals surface area contributed by atoms with Gasteiger partial charge in [0.25, 0.3) is 0 Å². The summed E-state index contributed by atoms with van der Waals surface area (Å²) in [5.41, 5.74) is 8.50. The van der Waals surface area contributed by atoms with Crippen molar-refractivity contribution >= 4 is 27.4 Å². The highest BCUT2D eigenvalue weighted by Gasteiger charge is 2.12. The first-order valence-corrected chi connectivity index (χ1v) is 8.51. The Balaban J connectivity index is 1.75. The molecule has 0 radical (unpaired) electrons. The third-order valence-corrected chi connectivity index (χ3v) is 4.83. The molecule has 0 aliphatic rings. The molecular formula is C19H13N5S. The van der Waals surface area contributed by atoms with Crippen LogP contribution in [0.3, 0.4) is 0 Å². The van der Waals surface area contributed by atoms with E-state index >= 15 is 0 Å². The van der Waals surface area contributed by atoms with Crippen molar-refractivity contribution in [3.05, 3.63) is 70.9 Å². The predicted molar refractivity (Wildman–Crippen MR) is 99.0 cm³/mol. The SMILES string of the molecule is N#Cc1cccc(-c2nc(N)c3cc(Cc4ccccn4)sc3n2)c1. The van der Waals surface area contributed by atoms with Gasteiger partial charge in [0, 0.05) is 28.8 Å². The van der Waals surface area contributed by atoms with E-state index in [2.05, 4.69) is 21.0 Å². The maximum atomic E-state index is 9.06. The van der Waals surface area contributed by atoms with E-state index in [9.17, 15) is 0 Å². The van der Waals surface area contributed by atoms with Gasteiger partial charge in [0.15, 0.2) is 5.82 Å². The van der Waals surface area contributed by atoms with Crippen LogP contribution in [0, 0.1) is 11.3 Å². The predicted octanol–water partition coefficient (Wildman–Crippen LogP) is 3.80. The summed E-state index contributed by atoms with van der Waals surface area (Å²) in [4.78, 5) is 15.4. The molecule has 0 spiro atoms. The first-order valence-electron chi connectivity index (χ1n) is 7.69. The van der Waals surface area contributed by atoms with Gasteiger partial charge in [-0.25, -0.2) is 9.97 Å². The lowest BCUT2D eigenvalue weighted by atomic mass is 10.1. The van der Waals surface area contributed by atoms with Crippen molar-refractivity contribution in [3.63, 3.8) is 0 Å². The average Bonchev–Trinajstić information content (AvgIpc) is 3.05. The van der Waals surface area contributed by atoms with E-state index < -0.39 is 0 Å². The molecule has 6 heteroatoms. The Morgan fingerprint density at radius 2 is 2.00 bits per heavy atom. The Morgan fingerprint density at radius 3 is 2.80 bits per heavy atom. The summed E-state index contributed by atoms with van der Waals surface area (Å²) in [6.07, 6.45) is 2.53. The van der Waals surface area contributed by atoms with Crippen LogP contribution in [0.1, 0.15) is 16.1 Å². The van der Waals surface area contributed by atoms with Gasteiger partial charge >= 0.3 is 0 Å². The summed E-state index contributed by atoms with van der Waals surface area (Å²) < 4.78 is 0. The molecule has 2 N–H and O–H groups in total. The summed E-state index contributed by atoms with van der Waals surface area (Å²) in [7, 11) is 0. The molecule has 4 aromatic rings. The molecule has 120 valence electrons. The maximum absolute atomic E-state index is 9.06. The van der Waals surface area contributed by atoms with Gasteiger partial charge in [0.1, 0.15) is 10.6 Å². The first kappa shape index (κ1) is 15.2. The number of anilines is 1. The fraction of sp³-hybridized carbons (Fsp3) is 0.0526. The van der Waals surface area contributed by atoms with Crippen LogP contribution in [-0.2, 0) is 6.42 Å². The lowest BCUT2D eigenvalue weighted by molar-refractivity contribution is 1.10. The van der Waals surface area contributed by atoms with Crippen molar-refractivity contribution < 1.29 is 0 Å². The van der Waals surface area contributed by atoms with Crippen molar-refractivity contribution in [2.75, 3.05) is 5.73 Å². The standard InChI is InChI=1S/C19H13N5S/c20-11-12-4-3-5-13(8-12)18-23-17(21)16-10-15(25-19(16)24-18)9-14-6-1-2-7-22-14/h1-8,10H,9H2,(H2,21,23,24). The highest BCUT2D eigenvalue weighted by Crippen LogP contribution is 2.31. The van der Waals surface area contributed by atoms with Crippen LogP contribution >= 0.6 is 11.3 Å². The number of nitrogen functional groups attached to an aromatic ring is 1. The lowest BCUT2D eigenvalue weighted by Gasteiger charge is -2.02. The van der Waals surface area contributed by atoms with Crippen molar-refractivity contribution in [2.24, 2.45) is 0 Å². The number of nitrogens with zero attached hydrogens (tertiary/aromatic N) is 4. The van der Waals surface area contributed by atoms with Crippen molar-refractivity contribution in [1.29, 1.82) is 5.26 Å². The van der Waals surface area contributed by atoms with Gasteiger partial charge in [-0.15, -0.1) is 11.3 Å². The third-order valence-electron chi connectivity index (χ3n) is 3.80. The zero-order valence-corrected chi connectivity index (χ0v) is 14.0. The van der Waals surface area contributed by atoms with Gasteiger partial charge < -0.3 is 5.73 Å². The first-order chi connectivity index (χ1) is 12.2. The van der Waals surface area contributed by atoms with Crippen LogP contribution in [0.25, 0.3) is 21.6 Å². The van der Waals surface area contributed by atoms with E-state index in [1.165, 1.54) is 0 Å². The maximum Gasteiger partial charge on any atom is 0.163 e. The molecule has 0 bridgehead atoms. The minimum atomic E-state index is 0.450. The van der Waals surface area contributed by atoms with Crippen LogP contribution < -0.4 is 5.73 Å². The summed E-state index contributed by atoms with van der Waals surface area (Å²) in [6.45, 7) is 0. The molecule has 5 nitrogen and oxygen atoms in total. The van der Waals surface area contributed by atoms with Crippen LogP contribution in [0.5, 0.6) is 0 Å². The van der Waals surface area contributed by atoms with E-state index in [1.54, 1.807) is 29.7 Å². The fourth-order valence-electron chi connectivity index (χ4n) is 2.62. The molecule has 25 heavy (non-hydrogen) atoms. The molecule has 3 aromatic heterocycles. The Bertz CT molecular complexity index is 1100. The number of nitriles is 1. The Kier molecular flexibility index (Phi) is 3.84. The van der Waals surface area contributed by atoms with Crippen molar-refractivity contribution in [2.45, 2.75) is 6.42 Å². The van der Waals surface area contributed by atoms with Crippen LogP contribution in [0.2, 0.25) is 0 Å². The molecule has 0 saturated carbocycles. The van der Waals surface area contributed by atoms with E-state index in [0.29, 0.717) is 17.2 Å². The van der Waals surface area contributed by atoms with Gasteiger partial charge in [-0.3, -0.25) is 4.98 Å². The van der Waals surface area contributed by atoms with Gasteiger partial charge in [0.05, 0.1) is 17.0 Å². The van der Waals surface area contributed by atoms with E-state index in [0.717, 1.165) is 32.8 Å². The highest BCUT2D eigenvalue weighted by atomic mass is 32.1. The van der Waals surface area contributed by atoms with Gasteiger partial charge in [0.2, 0.25) is 0 Å². The second kappa shape index (κ2) is 6.30. The number of benzene rings is 1. The van der Waals surface area contributed by atoms with E-state index in [4.69, 9.17) is 11.0 Å². The number of nitrogens with two attached hydrogens (primary N) is 1. The number of fused-ring (bicyclic) bond motifs is 1. The number of hydrogen-bond acceptors (Lipinski definition) is 6. The minimum absolute atomic E-state index is 0.450. The Hall–Kier alpha value is -3.30. The summed E-state index contributed by atoms with van der Waals surface area (Å²) in [6, 6.07) is 17.2. The van der Waals surface area contributed by atoms with E-state index in [-0.39, 0.29) is 0 Å². The van der Waals surface area contributed by atoms with Crippen molar-refractivity contribution in [1.82, 2.24) is 15.0 Å². The molecule has 0 aliphatic carbocycles. The molecule has 0 fully saturated rings.